The number of hydrogen-bond acceptors (Lipinski definition) is 6. The van der Waals surface area contributed by atoms with E-state index in [0.717, 1.165) is 17.3 Å². The fourth-order valence-corrected chi connectivity index (χ4v) is 3.84. The molecule has 7 nitrogen and oxygen atoms in total. The molecule has 0 saturated carbocycles. The number of halogens is 1. The van der Waals surface area contributed by atoms with Crippen molar-refractivity contribution in [3.8, 4) is 0 Å². The summed E-state index contributed by atoms with van der Waals surface area (Å²) in [5.74, 6) is -0.934. The first-order valence-corrected chi connectivity index (χ1v) is 8.96. The van der Waals surface area contributed by atoms with Gasteiger partial charge in [-0.05, 0) is 41.8 Å². The van der Waals surface area contributed by atoms with E-state index in [0.29, 0.717) is 35.2 Å². The number of ether oxygens (including phenoxy) is 1. The molecule has 0 saturated heterocycles. The molecule has 2 aromatic carbocycles. The number of carbonyl (C=O) groups is 2. The molecule has 0 aliphatic carbocycles. The standard InChI is InChI=1S/C18H15FN4O3S/c1-26-18(25)23-8-7-10-5-6-11(19)9-12(10)16(23)17(24)20-13-3-2-4-14-15(13)22-27-21-14/h2-6,9,16H,7-8H2,1H3,(H,20,24). The van der Waals surface area contributed by atoms with Crippen molar-refractivity contribution in [1.82, 2.24) is 13.6 Å². The SMILES string of the molecule is COC(=O)N1CCc2ccc(F)cc2C1C(=O)Nc1cccc2nsnc12. The first kappa shape index (κ1) is 17.3. The van der Waals surface area contributed by atoms with Crippen LogP contribution in [0.1, 0.15) is 17.2 Å². The van der Waals surface area contributed by atoms with Crippen molar-refractivity contribution in [3.05, 3.63) is 53.3 Å². The van der Waals surface area contributed by atoms with Crippen molar-refractivity contribution in [2.24, 2.45) is 0 Å². The third kappa shape index (κ3) is 3.10. The van der Waals surface area contributed by atoms with E-state index in [4.69, 9.17) is 4.74 Å². The number of methoxy groups -OCH3 is 1. The predicted octanol–water partition coefficient (Wildman–Crippen LogP) is 3.13. The number of hydrogen-bond donors (Lipinski definition) is 1. The minimum Gasteiger partial charge on any atom is -0.453 e. The fraction of sp³-hybridized carbons (Fsp3) is 0.222. The van der Waals surface area contributed by atoms with Crippen molar-refractivity contribution in [2.75, 3.05) is 19.0 Å². The topological polar surface area (TPSA) is 84.4 Å². The number of anilines is 1. The lowest BCUT2D eigenvalue weighted by Crippen LogP contribution is -2.45. The number of nitrogens with one attached hydrogen (secondary N) is 1. The number of rotatable bonds is 2. The van der Waals surface area contributed by atoms with Crippen LogP contribution in [0.4, 0.5) is 14.9 Å². The number of aromatic nitrogens is 2. The Hall–Kier alpha value is -3.07. The van der Waals surface area contributed by atoms with E-state index < -0.39 is 23.9 Å². The Balaban J connectivity index is 1.74. The largest absolute Gasteiger partial charge is 0.453 e. The zero-order chi connectivity index (χ0) is 19.0. The van der Waals surface area contributed by atoms with Crippen molar-refractivity contribution in [2.45, 2.75) is 12.5 Å². The summed E-state index contributed by atoms with van der Waals surface area (Å²) in [6, 6.07) is 8.54. The average Bonchev–Trinajstić information content (AvgIpc) is 3.16. The molecule has 2 amide bonds. The molecular weight excluding hydrogens is 371 g/mol. The van der Waals surface area contributed by atoms with Crippen LogP contribution in [0.3, 0.4) is 0 Å². The smallest absolute Gasteiger partial charge is 0.410 e. The Bertz CT molecular complexity index is 1040. The molecular formula is C18H15FN4O3S. The maximum absolute atomic E-state index is 13.9. The Kier molecular flexibility index (Phi) is 4.44. The summed E-state index contributed by atoms with van der Waals surface area (Å²) in [6.45, 7) is 0.297. The van der Waals surface area contributed by atoms with Gasteiger partial charge >= 0.3 is 6.09 Å². The molecule has 1 atom stereocenters. The highest BCUT2D eigenvalue weighted by Gasteiger charge is 2.37. The van der Waals surface area contributed by atoms with Gasteiger partial charge in [-0.3, -0.25) is 9.69 Å². The fourth-order valence-electron chi connectivity index (χ4n) is 3.29. The molecule has 0 bridgehead atoms. The van der Waals surface area contributed by atoms with Crippen LogP contribution in [0, 0.1) is 5.82 Å². The predicted molar refractivity (Wildman–Crippen MR) is 98.0 cm³/mol. The monoisotopic (exact) mass is 386 g/mol. The lowest BCUT2D eigenvalue weighted by atomic mass is 9.92. The summed E-state index contributed by atoms with van der Waals surface area (Å²) in [5.41, 5.74) is 2.99. The van der Waals surface area contributed by atoms with Crippen LogP contribution in [0.15, 0.2) is 36.4 Å². The Morgan fingerprint density at radius 1 is 1.30 bits per heavy atom. The second-order valence-corrected chi connectivity index (χ2v) is 6.61. The molecule has 1 aliphatic rings. The highest BCUT2D eigenvalue weighted by Crippen LogP contribution is 2.33. The van der Waals surface area contributed by atoms with Gasteiger partial charge in [-0.25, -0.2) is 9.18 Å². The number of nitrogens with zero attached hydrogens (tertiary/aromatic N) is 3. The summed E-state index contributed by atoms with van der Waals surface area (Å²) in [5, 5.41) is 2.80. The van der Waals surface area contributed by atoms with Gasteiger partial charge in [0.25, 0.3) is 5.91 Å². The maximum Gasteiger partial charge on any atom is 0.410 e. The minimum absolute atomic E-state index is 0.297. The quantitative estimate of drug-likeness (QED) is 0.731. The first-order chi connectivity index (χ1) is 13.1. The van der Waals surface area contributed by atoms with Crippen LogP contribution in [0.5, 0.6) is 0 Å². The number of fused-ring (bicyclic) bond motifs is 2. The van der Waals surface area contributed by atoms with Gasteiger partial charge in [0.05, 0.1) is 24.5 Å². The summed E-state index contributed by atoms with van der Waals surface area (Å²) < 4.78 is 27.0. The number of amides is 2. The van der Waals surface area contributed by atoms with Crippen LogP contribution >= 0.6 is 11.7 Å². The van der Waals surface area contributed by atoms with Gasteiger partial charge in [-0.15, -0.1) is 0 Å². The van der Waals surface area contributed by atoms with Gasteiger partial charge in [0, 0.05) is 6.54 Å². The van der Waals surface area contributed by atoms with Crippen LogP contribution in [-0.2, 0) is 16.0 Å². The lowest BCUT2D eigenvalue weighted by molar-refractivity contribution is -0.121. The second kappa shape index (κ2) is 6.92. The molecule has 0 spiro atoms. The van der Waals surface area contributed by atoms with E-state index in [2.05, 4.69) is 14.1 Å². The molecule has 138 valence electrons. The third-order valence-corrected chi connectivity index (χ3v) is 5.08. The molecule has 0 fully saturated rings. The van der Waals surface area contributed by atoms with Crippen molar-refractivity contribution >= 4 is 40.4 Å². The molecule has 1 aromatic heterocycles. The van der Waals surface area contributed by atoms with E-state index in [1.54, 1.807) is 24.3 Å². The van der Waals surface area contributed by atoms with Gasteiger partial charge in [-0.1, -0.05) is 12.1 Å². The van der Waals surface area contributed by atoms with Crippen molar-refractivity contribution in [1.29, 1.82) is 0 Å². The van der Waals surface area contributed by atoms with Gasteiger partial charge < -0.3 is 10.1 Å². The maximum atomic E-state index is 13.9. The minimum atomic E-state index is -1.00. The van der Waals surface area contributed by atoms with E-state index in [-0.39, 0.29) is 0 Å². The van der Waals surface area contributed by atoms with E-state index in [9.17, 15) is 14.0 Å². The second-order valence-electron chi connectivity index (χ2n) is 6.09. The van der Waals surface area contributed by atoms with Crippen molar-refractivity contribution in [3.63, 3.8) is 0 Å². The lowest BCUT2D eigenvalue weighted by Gasteiger charge is -2.35. The van der Waals surface area contributed by atoms with Crippen molar-refractivity contribution < 1.29 is 18.7 Å². The van der Waals surface area contributed by atoms with Crippen LogP contribution in [-0.4, -0.2) is 39.3 Å². The van der Waals surface area contributed by atoms with Gasteiger partial charge in [0.15, 0.2) is 0 Å². The van der Waals surface area contributed by atoms with E-state index >= 15 is 0 Å². The average molecular weight is 386 g/mol. The summed E-state index contributed by atoms with van der Waals surface area (Å²) in [6.07, 6.45) is -0.126. The molecule has 2 heterocycles. The van der Waals surface area contributed by atoms with Gasteiger partial charge in [0.2, 0.25) is 0 Å². The molecule has 4 rings (SSSR count). The molecule has 0 radical (unpaired) electrons. The normalized spacial score (nSPS) is 16.1. The molecule has 1 unspecified atom stereocenters. The number of carbonyl (C=O) groups excluding carboxylic acids is 2. The van der Waals surface area contributed by atoms with Gasteiger partial charge in [0.1, 0.15) is 22.9 Å². The zero-order valence-corrected chi connectivity index (χ0v) is 15.1. The molecule has 27 heavy (non-hydrogen) atoms. The van der Waals surface area contributed by atoms with Crippen LogP contribution in [0.25, 0.3) is 11.0 Å². The number of benzene rings is 2. The Morgan fingerprint density at radius 2 is 2.15 bits per heavy atom. The zero-order valence-electron chi connectivity index (χ0n) is 14.3. The molecule has 9 heteroatoms. The summed E-state index contributed by atoms with van der Waals surface area (Å²) >= 11 is 1.04. The Morgan fingerprint density at radius 3 is 2.96 bits per heavy atom. The highest BCUT2D eigenvalue weighted by atomic mass is 32.1. The van der Waals surface area contributed by atoms with Crippen LogP contribution < -0.4 is 5.32 Å². The van der Waals surface area contributed by atoms with E-state index in [1.165, 1.54) is 24.1 Å². The third-order valence-electron chi connectivity index (χ3n) is 4.54. The Labute approximate surface area is 158 Å². The molecule has 1 aliphatic heterocycles. The summed E-state index contributed by atoms with van der Waals surface area (Å²) in [7, 11) is 1.25. The first-order valence-electron chi connectivity index (χ1n) is 8.23. The van der Waals surface area contributed by atoms with E-state index in [1.807, 2.05) is 0 Å². The van der Waals surface area contributed by atoms with Crippen LogP contribution in [0.2, 0.25) is 0 Å². The molecule has 3 aromatic rings. The van der Waals surface area contributed by atoms with Gasteiger partial charge in [-0.2, -0.15) is 8.75 Å². The highest BCUT2D eigenvalue weighted by molar-refractivity contribution is 7.00. The summed E-state index contributed by atoms with van der Waals surface area (Å²) in [4.78, 5) is 26.6. The molecule has 1 N–H and O–H groups in total.